The molecule has 0 aliphatic heterocycles. The van der Waals surface area contributed by atoms with Crippen molar-refractivity contribution in [3.63, 3.8) is 0 Å². The van der Waals surface area contributed by atoms with Crippen LogP contribution in [-0.4, -0.2) is 18.6 Å². The van der Waals surface area contributed by atoms with Crippen molar-refractivity contribution in [1.29, 1.82) is 0 Å². The van der Waals surface area contributed by atoms with Gasteiger partial charge in [0.15, 0.2) is 11.5 Å². The maximum atomic E-state index is 12.4. The van der Waals surface area contributed by atoms with Gasteiger partial charge in [-0.3, -0.25) is 4.72 Å². The molecule has 23 heavy (non-hydrogen) atoms. The Kier molecular flexibility index (Phi) is 4.82. The van der Waals surface area contributed by atoms with E-state index in [0.717, 1.165) is 10.5 Å². The van der Waals surface area contributed by atoms with E-state index in [4.69, 9.17) is 0 Å². The number of hydrogen-bond acceptors (Lipinski definition) is 4. The Bertz CT molecular complexity index is 874. The van der Waals surface area contributed by atoms with Crippen molar-refractivity contribution in [3.05, 3.63) is 59.1 Å². The minimum Gasteiger partial charge on any atom is -0.504 e. The van der Waals surface area contributed by atoms with E-state index >= 15 is 0 Å². The summed E-state index contributed by atoms with van der Waals surface area (Å²) in [6.45, 7) is 7.15. The Morgan fingerprint density at radius 3 is 2.13 bits per heavy atom. The highest BCUT2D eigenvalue weighted by Crippen LogP contribution is 2.38. The summed E-state index contributed by atoms with van der Waals surface area (Å²) in [5.41, 5.74) is 0.595. The smallest absolute Gasteiger partial charge is 0.261 e. The number of rotatable bonds is 5. The predicted octanol–water partition coefficient (Wildman–Crippen LogP) is 3.95. The molecule has 0 atom stereocenters. The van der Waals surface area contributed by atoms with Gasteiger partial charge in [0.2, 0.25) is 0 Å². The SMILES string of the molecule is C=Cc1c(NS(=O)(=O)c2ccc(Br)cc2)cc(O)c(O)c1C=C. The molecule has 0 fully saturated rings. The van der Waals surface area contributed by atoms with Crippen LogP contribution in [0.5, 0.6) is 11.5 Å². The fourth-order valence-electron chi connectivity index (χ4n) is 2.02. The van der Waals surface area contributed by atoms with Crippen LogP contribution in [0.4, 0.5) is 5.69 Å². The number of hydrogen-bond donors (Lipinski definition) is 3. The molecule has 2 aromatic rings. The normalized spacial score (nSPS) is 11.0. The molecule has 2 aromatic carbocycles. The summed E-state index contributed by atoms with van der Waals surface area (Å²) in [6.07, 6.45) is 2.68. The highest BCUT2D eigenvalue weighted by molar-refractivity contribution is 9.10. The first-order valence-corrected chi connectivity index (χ1v) is 8.70. The molecule has 0 amide bonds. The van der Waals surface area contributed by atoms with Gasteiger partial charge in [-0.2, -0.15) is 0 Å². The average molecular weight is 396 g/mol. The molecule has 5 nitrogen and oxygen atoms in total. The van der Waals surface area contributed by atoms with Crippen LogP contribution in [0.2, 0.25) is 0 Å². The van der Waals surface area contributed by atoms with Crippen molar-refractivity contribution in [2.45, 2.75) is 4.90 Å². The fraction of sp³-hybridized carbons (Fsp3) is 0. The number of phenols is 2. The first-order chi connectivity index (χ1) is 10.8. The fourth-order valence-corrected chi connectivity index (χ4v) is 3.36. The Morgan fingerprint density at radius 1 is 1.04 bits per heavy atom. The van der Waals surface area contributed by atoms with E-state index in [9.17, 15) is 18.6 Å². The van der Waals surface area contributed by atoms with Gasteiger partial charge in [-0.05, 0) is 24.3 Å². The summed E-state index contributed by atoms with van der Waals surface area (Å²) in [4.78, 5) is 0.0587. The molecule has 3 N–H and O–H groups in total. The number of anilines is 1. The lowest BCUT2D eigenvalue weighted by Gasteiger charge is -2.15. The molecular formula is C16H14BrNO4S. The van der Waals surface area contributed by atoms with E-state index in [-0.39, 0.29) is 21.9 Å². The minimum absolute atomic E-state index is 0.0587. The van der Waals surface area contributed by atoms with E-state index in [1.54, 1.807) is 12.1 Å². The van der Waals surface area contributed by atoms with Crippen molar-refractivity contribution in [2.24, 2.45) is 0 Å². The monoisotopic (exact) mass is 395 g/mol. The van der Waals surface area contributed by atoms with E-state index in [1.807, 2.05) is 0 Å². The third-order valence-corrected chi connectivity index (χ3v) is 5.05. The largest absolute Gasteiger partial charge is 0.504 e. The van der Waals surface area contributed by atoms with Crippen LogP contribution in [0.25, 0.3) is 12.2 Å². The van der Waals surface area contributed by atoms with Crippen molar-refractivity contribution >= 4 is 43.8 Å². The number of halogens is 1. The topological polar surface area (TPSA) is 86.6 Å². The van der Waals surface area contributed by atoms with Gasteiger partial charge >= 0.3 is 0 Å². The van der Waals surface area contributed by atoms with Crippen LogP contribution < -0.4 is 4.72 Å². The lowest BCUT2D eigenvalue weighted by atomic mass is 10.0. The molecule has 7 heteroatoms. The quantitative estimate of drug-likeness (QED) is 0.528. The van der Waals surface area contributed by atoms with Crippen LogP contribution in [0.1, 0.15) is 11.1 Å². The summed E-state index contributed by atoms with van der Waals surface area (Å²) in [5.74, 6) is -0.847. The third kappa shape index (κ3) is 3.40. The highest BCUT2D eigenvalue weighted by Gasteiger charge is 2.19. The molecule has 120 valence electrons. The van der Waals surface area contributed by atoms with E-state index < -0.39 is 15.8 Å². The molecule has 0 saturated heterocycles. The van der Waals surface area contributed by atoms with Crippen molar-refractivity contribution in [3.8, 4) is 11.5 Å². The van der Waals surface area contributed by atoms with Crippen molar-refractivity contribution in [1.82, 2.24) is 0 Å². The number of phenolic OH excluding ortho intramolecular Hbond substituents is 2. The molecule has 0 bridgehead atoms. The van der Waals surface area contributed by atoms with E-state index in [1.165, 1.54) is 24.3 Å². The molecule has 0 aromatic heterocycles. The molecule has 0 aliphatic rings. The molecule has 0 spiro atoms. The Morgan fingerprint density at radius 2 is 1.61 bits per heavy atom. The zero-order valence-electron chi connectivity index (χ0n) is 12.0. The number of nitrogens with one attached hydrogen (secondary N) is 1. The first kappa shape index (κ1) is 17.1. The maximum Gasteiger partial charge on any atom is 0.261 e. The molecule has 0 aliphatic carbocycles. The summed E-state index contributed by atoms with van der Waals surface area (Å²) in [7, 11) is -3.86. The minimum atomic E-state index is -3.86. The number of sulfonamides is 1. The molecule has 0 heterocycles. The highest BCUT2D eigenvalue weighted by atomic mass is 79.9. The van der Waals surface area contributed by atoms with Gasteiger partial charge in [0, 0.05) is 21.7 Å². The summed E-state index contributed by atoms with van der Waals surface area (Å²) < 4.78 is 28.0. The summed E-state index contributed by atoms with van der Waals surface area (Å²) in [5, 5.41) is 19.6. The number of aromatic hydroxyl groups is 2. The molecular weight excluding hydrogens is 382 g/mol. The van der Waals surface area contributed by atoms with Gasteiger partial charge in [-0.15, -0.1) is 0 Å². The molecule has 2 rings (SSSR count). The van der Waals surface area contributed by atoms with Gasteiger partial charge < -0.3 is 10.2 Å². The maximum absolute atomic E-state index is 12.4. The summed E-state index contributed by atoms with van der Waals surface area (Å²) >= 11 is 3.24. The second-order valence-corrected chi connectivity index (χ2v) is 7.18. The predicted molar refractivity (Wildman–Crippen MR) is 94.9 cm³/mol. The Labute approximate surface area is 142 Å². The number of benzene rings is 2. The van der Waals surface area contributed by atoms with Gasteiger partial charge in [0.25, 0.3) is 10.0 Å². The van der Waals surface area contributed by atoms with Gasteiger partial charge in [-0.25, -0.2) is 8.42 Å². The third-order valence-electron chi connectivity index (χ3n) is 3.14. The van der Waals surface area contributed by atoms with Gasteiger partial charge in [0.05, 0.1) is 10.6 Å². The Balaban J connectivity index is 2.55. The van der Waals surface area contributed by atoms with Crippen molar-refractivity contribution < 1.29 is 18.6 Å². The van der Waals surface area contributed by atoms with Crippen molar-refractivity contribution in [2.75, 3.05) is 4.72 Å². The molecule has 0 unspecified atom stereocenters. The van der Waals surface area contributed by atoms with E-state index in [0.29, 0.717) is 5.56 Å². The second kappa shape index (κ2) is 6.47. The van der Waals surface area contributed by atoms with E-state index in [2.05, 4.69) is 33.8 Å². The van der Waals surface area contributed by atoms with Crippen LogP contribution >= 0.6 is 15.9 Å². The van der Waals surface area contributed by atoms with Crippen LogP contribution in [-0.2, 0) is 10.0 Å². The Hall–Kier alpha value is -2.25. The zero-order chi connectivity index (χ0) is 17.2. The van der Waals surface area contributed by atoms with Crippen LogP contribution in [0.15, 0.2) is 52.9 Å². The lowest BCUT2D eigenvalue weighted by molar-refractivity contribution is 0.403. The zero-order valence-corrected chi connectivity index (χ0v) is 14.4. The lowest BCUT2D eigenvalue weighted by Crippen LogP contribution is -2.14. The summed E-state index contributed by atoms with van der Waals surface area (Å²) in [6, 6.07) is 7.21. The van der Waals surface area contributed by atoms with Gasteiger partial charge in [0.1, 0.15) is 0 Å². The van der Waals surface area contributed by atoms with Crippen LogP contribution in [0.3, 0.4) is 0 Å². The second-order valence-electron chi connectivity index (χ2n) is 4.59. The van der Waals surface area contributed by atoms with Crippen LogP contribution in [0, 0.1) is 0 Å². The first-order valence-electron chi connectivity index (χ1n) is 6.42. The molecule has 0 radical (unpaired) electrons. The molecule has 0 saturated carbocycles. The van der Waals surface area contributed by atoms with Gasteiger partial charge in [-0.1, -0.05) is 41.2 Å². The average Bonchev–Trinajstić information content (AvgIpc) is 2.50. The standard InChI is InChI=1S/C16H14BrNO4S/c1-3-12-13(4-2)16(20)15(19)9-14(12)18-23(21,22)11-7-5-10(17)6-8-11/h3-9,18-20H,1-2H2.